The van der Waals surface area contributed by atoms with Crippen LogP contribution in [-0.2, 0) is 14.1 Å². The summed E-state index contributed by atoms with van der Waals surface area (Å²) in [5.41, 5.74) is 16.0. The molecule has 2 heterocycles. The molecule has 0 saturated carbocycles. The van der Waals surface area contributed by atoms with Crippen molar-refractivity contribution in [2.75, 3.05) is 11.5 Å². The summed E-state index contributed by atoms with van der Waals surface area (Å²) in [6.07, 6.45) is 0. The standard InChI is InChI=1S/C20H18Br2N6S2/c1-27-17(15(25-19(27)23)11-3-7-13(21)8-4-11)29-30-18-16(26-20(24)28(18)2)12-5-9-14(22)10-6-12/h3-10H,1-2H3,(H2,23,25)(H2,24,26). The lowest BCUT2D eigenvalue weighted by Gasteiger charge is -2.08. The molecule has 0 amide bonds. The molecule has 30 heavy (non-hydrogen) atoms. The molecule has 4 aromatic rings. The molecule has 0 aliphatic rings. The third-order valence-corrected chi connectivity index (χ3v) is 8.18. The Hall–Kier alpha value is -1.88. The van der Waals surface area contributed by atoms with Crippen LogP contribution in [-0.4, -0.2) is 19.1 Å². The summed E-state index contributed by atoms with van der Waals surface area (Å²) in [7, 11) is 7.01. The zero-order chi connectivity index (χ0) is 21.4. The minimum absolute atomic E-state index is 0.466. The smallest absolute Gasteiger partial charge is 0.201 e. The Kier molecular flexibility index (Phi) is 6.19. The molecular weight excluding hydrogens is 548 g/mol. The zero-order valence-electron chi connectivity index (χ0n) is 16.1. The van der Waals surface area contributed by atoms with Crippen LogP contribution in [0.3, 0.4) is 0 Å². The average molecular weight is 566 g/mol. The summed E-state index contributed by atoms with van der Waals surface area (Å²) in [4.78, 5) is 9.16. The minimum atomic E-state index is 0.466. The molecule has 2 aromatic carbocycles. The lowest BCUT2D eigenvalue weighted by molar-refractivity contribution is 0.839. The SMILES string of the molecule is Cn1c(N)nc(-c2ccc(Br)cc2)c1SSc1c(-c2ccc(Br)cc2)nc(N)n1C. The molecule has 4 rings (SSSR count). The zero-order valence-corrected chi connectivity index (χ0v) is 20.9. The maximum atomic E-state index is 6.12. The number of nitrogen functional groups attached to an aromatic ring is 2. The van der Waals surface area contributed by atoms with Gasteiger partial charge in [-0.3, -0.25) is 0 Å². The number of nitrogens with two attached hydrogens (primary N) is 2. The van der Waals surface area contributed by atoms with Gasteiger partial charge in [-0.05, 0) is 45.9 Å². The number of benzene rings is 2. The Morgan fingerprint density at radius 1 is 0.667 bits per heavy atom. The summed E-state index contributed by atoms with van der Waals surface area (Å²) in [6, 6.07) is 16.1. The Morgan fingerprint density at radius 2 is 1.00 bits per heavy atom. The van der Waals surface area contributed by atoms with Crippen molar-refractivity contribution in [3.8, 4) is 22.5 Å². The molecule has 0 unspecified atom stereocenters. The van der Waals surface area contributed by atoms with Gasteiger partial charge in [-0.1, -0.05) is 56.1 Å². The van der Waals surface area contributed by atoms with Gasteiger partial charge in [0.15, 0.2) is 0 Å². The predicted octanol–water partition coefficient (Wildman–Crippen LogP) is 5.98. The van der Waals surface area contributed by atoms with Crippen LogP contribution in [0.5, 0.6) is 0 Å². The van der Waals surface area contributed by atoms with Crippen LogP contribution in [0.15, 0.2) is 67.5 Å². The molecule has 4 N–H and O–H groups in total. The first-order valence-corrected chi connectivity index (χ1v) is 12.6. The van der Waals surface area contributed by atoms with E-state index in [9.17, 15) is 0 Å². The van der Waals surface area contributed by atoms with Crippen molar-refractivity contribution in [1.82, 2.24) is 19.1 Å². The number of anilines is 2. The molecule has 0 atom stereocenters. The highest BCUT2D eigenvalue weighted by molar-refractivity contribution is 9.10. The molecule has 2 aromatic heterocycles. The van der Waals surface area contributed by atoms with Crippen LogP contribution in [0.25, 0.3) is 22.5 Å². The molecule has 0 bridgehead atoms. The first-order valence-electron chi connectivity index (χ1n) is 8.86. The van der Waals surface area contributed by atoms with Gasteiger partial charge in [-0.25, -0.2) is 9.97 Å². The Balaban J connectivity index is 1.69. The van der Waals surface area contributed by atoms with E-state index in [0.29, 0.717) is 11.9 Å². The summed E-state index contributed by atoms with van der Waals surface area (Å²) >= 11 is 6.96. The van der Waals surface area contributed by atoms with Gasteiger partial charge in [-0.2, -0.15) is 0 Å². The van der Waals surface area contributed by atoms with E-state index in [1.807, 2.05) is 71.8 Å². The lowest BCUT2D eigenvalue weighted by Crippen LogP contribution is -1.98. The van der Waals surface area contributed by atoms with Crippen molar-refractivity contribution in [3.63, 3.8) is 0 Å². The van der Waals surface area contributed by atoms with E-state index < -0.39 is 0 Å². The van der Waals surface area contributed by atoms with E-state index in [2.05, 4.69) is 41.8 Å². The largest absolute Gasteiger partial charge is 0.369 e. The third-order valence-electron chi connectivity index (χ3n) is 4.59. The first-order chi connectivity index (χ1) is 14.3. The van der Waals surface area contributed by atoms with Crippen LogP contribution >= 0.6 is 53.4 Å². The number of hydrogen-bond acceptors (Lipinski definition) is 6. The molecule has 0 saturated heterocycles. The molecule has 6 nitrogen and oxygen atoms in total. The van der Waals surface area contributed by atoms with Crippen molar-refractivity contribution in [1.29, 1.82) is 0 Å². The van der Waals surface area contributed by atoms with Crippen molar-refractivity contribution >= 4 is 65.3 Å². The second-order valence-corrected chi connectivity index (χ2v) is 10.5. The fourth-order valence-corrected chi connectivity index (χ4v) is 6.06. The summed E-state index contributed by atoms with van der Waals surface area (Å²) in [5, 5.41) is 1.92. The number of imidazole rings is 2. The summed E-state index contributed by atoms with van der Waals surface area (Å²) < 4.78 is 5.83. The summed E-state index contributed by atoms with van der Waals surface area (Å²) in [6.45, 7) is 0. The number of hydrogen-bond donors (Lipinski definition) is 2. The molecule has 0 aliphatic heterocycles. The Labute approximate surface area is 199 Å². The normalized spacial score (nSPS) is 11.2. The fraction of sp³-hybridized carbons (Fsp3) is 0.100. The average Bonchev–Trinajstić information content (AvgIpc) is 3.17. The van der Waals surface area contributed by atoms with Gasteiger partial charge in [0, 0.05) is 34.2 Å². The van der Waals surface area contributed by atoms with Crippen molar-refractivity contribution < 1.29 is 0 Å². The van der Waals surface area contributed by atoms with Crippen LogP contribution < -0.4 is 11.5 Å². The second kappa shape index (κ2) is 8.70. The van der Waals surface area contributed by atoms with E-state index in [1.54, 1.807) is 21.6 Å². The highest BCUT2D eigenvalue weighted by Gasteiger charge is 2.20. The summed E-state index contributed by atoms with van der Waals surface area (Å²) in [5.74, 6) is 0.933. The molecule has 10 heteroatoms. The maximum Gasteiger partial charge on any atom is 0.201 e. The fourth-order valence-electron chi connectivity index (χ4n) is 2.86. The van der Waals surface area contributed by atoms with Crippen LogP contribution in [0.4, 0.5) is 11.9 Å². The maximum absolute atomic E-state index is 6.12. The van der Waals surface area contributed by atoms with Crippen molar-refractivity contribution in [2.24, 2.45) is 14.1 Å². The van der Waals surface area contributed by atoms with Gasteiger partial charge in [0.1, 0.15) is 21.4 Å². The second-order valence-electron chi connectivity index (χ2n) is 6.55. The van der Waals surface area contributed by atoms with Crippen LogP contribution in [0.2, 0.25) is 0 Å². The van der Waals surface area contributed by atoms with E-state index in [0.717, 1.165) is 41.5 Å². The molecule has 0 fully saturated rings. The quantitative estimate of drug-likeness (QED) is 0.289. The monoisotopic (exact) mass is 564 g/mol. The minimum Gasteiger partial charge on any atom is -0.369 e. The number of rotatable bonds is 5. The predicted molar refractivity (Wildman–Crippen MR) is 133 cm³/mol. The van der Waals surface area contributed by atoms with Gasteiger partial charge in [0.05, 0.1) is 0 Å². The molecule has 0 radical (unpaired) electrons. The van der Waals surface area contributed by atoms with E-state index in [4.69, 9.17) is 11.5 Å². The van der Waals surface area contributed by atoms with Crippen LogP contribution in [0, 0.1) is 0 Å². The van der Waals surface area contributed by atoms with E-state index >= 15 is 0 Å². The number of aromatic nitrogens is 4. The first kappa shape index (κ1) is 21.4. The van der Waals surface area contributed by atoms with Crippen LogP contribution in [0.1, 0.15) is 0 Å². The topological polar surface area (TPSA) is 87.7 Å². The number of halogens is 2. The van der Waals surface area contributed by atoms with E-state index in [-0.39, 0.29) is 0 Å². The third kappa shape index (κ3) is 4.14. The molecule has 0 spiro atoms. The van der Waals surface area contributed by atoms with E-state index in [1.165, 1.54) is 0 Å². The Morgan fingerprint density at radius 3 is 1.33 bits per heavy atom. The highest BCUT2D eigenvalue weighted by atomic mass is 79.9. The van der Waals surface area contributed by atoms with Gasteiger partial charge in [-0.15, -0.1) is 0 Å². The molecular formula is C20H18Br2N6S2. The highest BCUT2D eigenvalue weighted by Crippen LogP contribution is 2.46. The Bertz CT molecular complexity index is 1100. The molecule has 0 aliphatic carbocycles. The molecule has 154 valence electrons. The van der Waals surface area contributed by atoms with Gasteiger partial charge in [0.25, 0.3) is 0 Å². The van der Waals surface area contributed by atoms with Gasteiger partial charge >= 0.3 is 0 Å². The van der Waals surface area contributed by atoms with Gasteiger partial charge < -0.3 is 20.6 Å². The van der Waals surface area contributed by atoms with Gasteiger partial charge in [0.2, 0.25) is 11.9 Å². The number of nitrogens with zero attached hydrogens (tertiary/aromatic N) is 4. The van der Waals surface area contributed by atoms with Crippen molar-refractivity contribution in [3.05, 3.63) is 57.5 Å². The lowest BCUT2D eigenvalue weighted by atomic mass is 10.2. The van der Waals surface area contributed by atoms with Crippen molar-refractivity contribution in [2.45, 2.75) is 10.1 Å².